The maximum absolute atomic E-state index is 6.96. The summed E-state index contributed by atoms with van der Waals surface area (Å²) in [5, 5.41) is 4.66. The van der Waals surface area contributed by atoms with Crippen molar-refractivity contribution < 1.29 is 4.42 Å². The standard InChI is InChI=1S/C51H38N2O/c1-33-16-15-19-37(30-33)52(38-31-34(2)49(35(3)32-38)36-17-5-4-6-18-36)47-29-28-42(51-50(47)43-23-10-14-27-48(43)54-51)41-22-9-13-26-46(41)53-44-24-11-7-20-39(44)40-21-8-12-25-45(40)53/h4-32H,1-3H3. The number of furan rings is 1. The van der Waals surface area contributed by atoms with E-state index in [1.165, 1.54) is 49.6 Å². The van der Waals surface area contributed by atoms with Gasteiger partial charge in [0.1, 0.15) is 11.2 Å². The highest BCUT2D eigenvalue weighted by molar-refractivity contribution is 6.18. The van der Waals surface area contributed by atoms with Gasteiger partial charge in [0, 0.05) is 38.7 Å². The summed E-state index contributed by atoms with van der Waals surface area (Å²) < 4.78 is 9.36. The number of hydrogen-bond acceptors (Lipinski definition) is 2. The first-order chi connectivity index (χ1) is 26.5. The number of fused-ring (bicyclic) bond motifs is 6. The van der Waals surface area contributed by atoms with E-state index >= 15 is 0 Å². The maximum atomic E-state index is 6.96. The van der Waals surface area contributed by atoms with Gasteiger partial charge in [0.05, 0.1) is 27.8 Å². The van der Waals surface area contributed by atoms with E-state index in [0.717, 1.165) is 55.8 Å². The minimum atomic E-state index is 0.867. The van der Waals surface area contributed by atoms with Crippen LogP contribution in [0.4, 0.5) is 17.1 Å². The van der Waals surface area contributed by atoms with E-state index in [4.69, 9.17) is 4.42 Å². The molecule has 2 heterocycles. The quantitative estimate of drug-likeness (QED) is 0.173. The summed E-state index contributed by atoms with van der Waals surface area (Å²) in [7, 11) is 0. The molecule has 0 fully saturated rings. The van der Waals surface area contributed by atoms with E-state index in [-0.39, 0.29) is 0 Å². The highest BCUT2D eigenvalue weighted by Gasteiger charge is 2.25. The van der Waals surface area contributed by atoms with Gasteiger partial charge in [-0.2, -0.15) is 0 Å². The van der Waals surface area contributed by atoms with Gasteiger partial charge in [-0.3, -0.25) is 0 Å². The Hall–Kier alpha value is -6.84. The normalized spacial score (nSPS) is 11.6. The lowest BCUT2D eigenvalue weighted by atomic mass is 9.94. The summed E-state index contributed by atoms with van der Waals surface area (Å²) in [6, 6.07) is 63.3. The molecule has 0 unspecified atom stereocenters. The summed E-state index contributed by atoms with van der Waals surface area (Å²) in [6.45, 7) is 6.61. The Morgan fingerprint density at radius 3 is 1.83 bits per heavy atom. The van der Waals surface area contributed by atoms with Crippen LogP contribution in [0.15, 0.2) is 180 Å². The number of anilines is 3. The van der Waals surface area contributed by atoms with E-state index in [1.54, 1.807) is 0 Å². The summed E-state index contributed by atoms with van der Waals surface area (Å²) in [6.07, 6.45) is 0. The molecule has 10 aromatic rings. The fourth-order valence-corrected chi connectivity index (χ4v) is 8.61. The zero-order valence-electron chi connectivity index (χ0n) is 30.5. The second-order valence-corrected chi connectivity index (χ2v) is 14.3. The molecule has 0 aliphatic carbocycles. The fourth-order valence-electron chi connectivity index (χ4n) is 8.61. The number of rotatable bonds is 6. The minimum absolute atomic E-state index is 0.867. The number of aromatic nitrogens is 1. The van der Waals surface area contributed by atoms with Gasteiger partial charge in [-0.25, -0.2) is 0 Å². The minimum Gasteiger partial charge on any atom is -0.455 e. The van der Waals surface area contributed by atoms with Gasteiger partial charge in [0.25, 0.3) is 0 Å². The van der Waals surface area contributed by atoms with E-state index in [1.807, 2.05) is 0 Å². The second kappa shape index (κ2) is 12.7. The molecule has 0 radical (unpaired) electrons. The molecule has 0 bridgehead atoms. The molecule has 0 saturated carbocycles. The van der Waals surface area contributed by atoms with Crippen LogP contribution in [-0.4, -0.2) is 4.57 Å². The molecule has 8 aromatic carbocycles. The van der Waals surface area contributed by atoms with Crippen LogP contribution in [-0.2, 0) is 0 Å². The predicted molar refractivity (Wildman–Crippen MR) is 228 cm³/mol. The Labute approximate surface area is 315 Å². The van der Waals surface area contributed by atoms with E-state index < -0.39 is 0 Å². The first-order valence-corrected chi connectivity index (χ1v) is 18.6. The Kier molecular flexibility index (Phi) is 7.48. The molecule has 0 spiro atoms. The molecule has 0 amide bonds. The zero-order valence-corrected chi connectivity index (χ0v) is 30.5. The van der Waals surface area contributed by atoms with Gasteiger partial charge in [-0.1, -0.05) is 115 Å². The summed E-state index contributed by atoms with van der Waals surface area (Å²) in [4.78, 5) is 2.41. The number of hydrogen-bond donors (Lipinski definition) is 0. The van der Waals surface area contributed by atoms with Gasteiger partial charge in [0.15, 0.2) is 0 Å². The summed E-state index contributed by atoms with van der Waals surface area (Å²) in [5.74, 6) is 0. The van der Waals surface area contributed by atoms with Crippen molar-refractivity contribution in [2.24, 2.45) is 0 Å². The van der Waals surface area contributed by atoms with Crippen molar-refractivity contribution in [2.75, 3.05) is 4.90 Å². The molecule has 54 heavy (non-hydrogen) atoms. The van der Waals surface area contributed by atoms with Gasteiger partial charge in [-0.05, 0) is 109 Å². The van der Waals surface area contributed by atoms with Crippen LogP contribution in [0.5, 0.6) is 0 Å². The van der Waals surface area contributed by atoms with Crippen molar-refractivity contribution in [3.63, 3.8) is 0 Å². The van der Waals surface area contributed by atoms with Crippen molar-refractivity contribution in [3.8, 4) is 27.9 Å². The SMILES string of the molecule is Cc1cccc(N(c2cc(C)c(-c3ccccc3)c(C)c2)c2ccc(-c3ccccc3-n3c4ccccc4c4ccccc43)c3oc4ccccc4c23)c1. The largest absolute Gasteiger partial charge is 0.455 e. The molecule has 10 rings (SSSR count). The van der Waals surface area contributed by atoms with Crippen molar-refractivity contribution in [2.45, 2.75) is 20.8 Å². The molecule has 0 N–H and O–H groups in total. The fraction of sp³-hybridized carbons (Fsp3) is 0.0588. The molecule has 2 aromatic heterocycles. The van der Waals surface area contributed by atoms with Crippen LogP contribution in [0.2, 0.25) is 0 Å². The third kappa shape index (κ3) is 5.04. The lowest BCUT2D eigenvalue weighted by molar-refractivity contribution is 0.670. The monoisotopic (exact) mass is 694 g/mol. The average Bonchev–Trinajstić information content (AvgIpc) is 3.75. The van der Waals surface area contributed by atoms with Gasteiger partial charge < -0.3 is 13.9 Å². The Bertz CT molecular complexity index is 2960. The first kappa shape index (κ1) is 31.9. The third-order valence-corrected chi connectivity index (χ3v) is 10.9. The number of aryl methyl sites for hydroxylation is 3. The molecule has 0 atom stereocenters. The number of benzene rings is 8. The first-order valence-electron chi connectivity index (χ1n) is 18.6. The maximum Gasteiger partial charge on any atom is 0.145 e. The van der Waals surface area contributed by atoms with Gasteiger partial charge in [-0.15, -0.1) is 0 Å². The van der Waals surface area contributed by atoms with Crippen LogP contribution >= 0.6 is 0 Å². The van der Waals surface area contributed by atoms with E-state index in [2.05, 4.69) is 206 Å². The van der Waals surface area contributed by atoms with Crippen LogP contribution < -0.4 is 4.90 Å². The van der Waals surface area contributed by atoms with Crippen molar-refractivity contribution in [3.05, 3.63) is 193 Å². The van der Waals surface area contributed by atoms with E-state index in [9.17, 15) is 0 Å². The number of nitrogens with zero attached hydrogens (tertiary/aromatic N) is 2. The molecule has 258 valence electrons. The summed E-state index contributed by atoms with van der Waals surface area (Å²) in [5.41, 5.74) is 16.8. The molecule has 3 heteroatoms. The smallest absolute Gasteiger partial charge is 0.145 e. The van der Waals surface area contributed by atoms with Crippen molar-refractivity contribution in [1.82, 2.24) is 4.57 Å². The highest BCUT2D eigenvalue weighted by atomic mass is 16.3. The topological polar surface area (TPSA) is 21.3 Å². The van der Waals surface area contributed by atoms with Crippen molar-refractivity contribution in [1.29, 1.82) is 0 Å². The van der Waals surface area contributed by atoms with Crippen LogP contribution in [0, 0.1) is 20.8 Å². The van der Waals surface area contributed by atoms with Crippen LogP contribution in [0.25, 0.3) is 71.7 Å². The number of para-hydroxylation sites is 4. The van der Waals surface area contributed by atoms with Crippen LogP contribution in [0.3, 0.4) is 0 Å². The third-order valence-electron chi connectivity index (χ3n) is 10.9. The lowest BCUT2D eigenvalue weighted by Crippen LogP contribution is -2.11. The second-order valence-electron chi connectivity index (χ2n) is 14.3. The molecular formula is C51H38N2O. The lowest BCUT2D eigenvalue weighted by Gasteiger charge is -2.28. The molecule has 0 aliphatic rings. The Balaban J connectivity index is 1.25. The Morgan fingerprint density at radius 1 is 0.481 bits per heavy atom. The molecular weight excluding hydrogens is 657 g/mol. The van der Waals surface area contributed by atoms with Crippen LogP contribution in [0.1, 0.15) is 16.7 Å². The predicted octanol–water partition coefficient (Wildman–Crippen LogP) is 14.4. The molecule has 3 nitrogen and oxygen atoms in total. The summed E-state index contributed by atoms with van der Waals surface area (Å²) >= 11 is 0. The zero-order chi connectivity index (χ0) is 36.3. The Morgan fingerprint density at radius 2 is 1.11 bits per heavy atom. The average molecular weight is 695 g/mol. The highest BCUT2D eigenvalue weighted by Crippen LogP contribution is 2.48. The van der Waals surface area contributed by atoms with Gasteiger partial charge in [0.2, 0.25) is 0 Å². The van der Waals surface area contributed by atoms with Crippen molar-refractivity contribution >= 4 is 60.8 Å². The molecule has 0 saturated heterocycles. The van der Waals surface area contributed by atoms with Gasteiger partial charge >= 0.3 is 0 Å². The molecule has 0 aliphatic heterocycles. The van der Waals surface area contributed by atoms with E-state index in [0.29, 0.717) is 0 Å².